The first kappa shape index (κ1) is 23.6. The Kier molecular flexibility index (Phi) is 8.59. The summed E-state index contributed by atoms with van der Waals surface area (Å²) in [5.41, 5.74) is -1.67. The topological polar surface area (TPSA) is 125 Å². The Labute approximate surface area is 165 Å². The number of nitrogens with one attached hydrogen (secondary N) is 2. The summed E-state index contributed by atoms with van der Waals surface area (Å²) in [7, 11) is 0. The van der Waals surface area contributed by atoms with E-state index in [0.29, 0.717) is 12.1 Å². The maximum Gasteiger partial charge on any atom is 0.328 e. The summed E-state index contributed by atoms with van der Waals surface area (Å²) in [6, 6.07) is 4.93. The largest absolute Gasteiger partial charge is 0.464 e. The normalized spacial score (nSPS) is 15.3. The van der Waals surface area contributed by atoms with Crippen LogP contribution in [0.25, 0.3) is 0 Å². The number of rotatable bonds is 9. The minimum Gasteiger partial charge on any atom is -0.464 e. The number of benzene rings is 1. The lowest BCUT2D eigenvalue weighted by Gasteiger charge is -2.32. The molecule has 0 fully saturated rings. The third-order valence-corrected chi connectivity index (χ3v) is 4.18. The van der Waals surface area contributed by atoms with Gasteiger partial charge in [0.25, 0.3) is 5.91 Å². The first-order chi connectivity index (χ1) is 13.0. The summed E-state index contributed by atoms with van der Waals surface area (Å²) < 4.78 is 5.00. The molecule has 0 radical (unpaired) electrons. The molecule has 0 aliphatic heterocycles. The highest BCUT2D eigenvalue weighted by Crippen LogP contribution is 2.27. The molecule has 1 rings (SSSR count). The fourth-order valence-corrected chi connectivity index (χ4v) is 2.77. The Morgan fingerprint density at radius 2 is 1.71 bits per heavy atom. The summed E-state index contributed by atoms with van der Waals surface area (Å²) in [6.45, 7) is 8.24. The number of aliphatic hydroxyl groups excluding tert-OH is 1. The Morgan fingerprint density at radius 3 is 2.14 bits per heavy atom. The van der Waals surface area contributed by atoms with Gasteiger partial charge in [0.1, 0.15) is 6.04 Å². The van der Waals surface area contributed by atoms with Crippen LogP contribution in [0.3, 0.4) is 0 Å². The molecule has 0 aliphatic carbocycles. The summed E-state index contributed by atoms with van der Waals surface area (Å²) in [4.78, 5) is 36.2. The van der Waals surface area contributed by atoms with E-state index >= 15 is 0 Å². The van der Waals surface area contributed by atoms with Crippen molar-refractivity contribution in [3.8, 4) is 0 Å². The fraction of sp³-hybridized carbons (Fsp3) is 0.550. The van der Waals surface area contributed by atoms with Gasteiger partial charge in [-0.25, -0.2) is 4.79 Å². The van der Waals surface area contributed by atoms with Crippen molar-refractivity contribution in [1.82, 2.24) is 5.32 Å². The van der Waals surface area contributed by atoms with Gasteiger partial charge in [0.15, 0.2) is 5.60 Å². The number of carbonyl (C=O) groups is 3. The summed E-state index contributed by atoms with van der Waals surface area (Å²) in [6.07, 6.45) is -1.14. The van der Waals surface area contributed by atoms with Gasteiger partial charge in [0.05, 0.1) is 12.7 Å². The Bertz CT molecular complexity index is 686. The lowest BCUT2D eigenvalue weighted by atomic mass is 9.87. The average molecular weight is 394 g/mol. The van der Waals surface area contributed by atoms with Crippen molar-refractivity contribution in [3.05, 3.63) is 29.8 Å². The van der Waals surface area contributed by atoms with Crippen molar-refractivity contribution in [2.24, 2.45) is 5.92 Å². The highest BCUT2D eigenvalue weighted by atomic mass is 16.5. The number of hydrogen-bond acceptors (Lipinski definition) is 6. The van der Waals surface area contributed by atoms with Crippen molar-refractivity contribution >= 4 is 23.5 Å². The van der Waals surface area contributed by atoms with Gasteiger partial charge in [0, 0.05) is 12.6 Å². The molecule has 0 saturated heterocycles. The molecule has 0 aliphatic rings. The predicted molar refractivity (Wildman–Crippen MR) is 104 cm³/mol. The Morgan fingerprint density at radius 1 is 1.14 bits per heavy atom. The van der Waals surface area contributed by atoms with E-state index in [2.05, 4.69) is 10.6 Å². The molecule has 1 aromatic carbocycles. The van der Waals surface area contributed by atoms with Crippen LogP contribution in [-0.2, 0) is 24.7 Å². The fourth-order valence-electron chi connectivity index (χ4n) is 2.77. The van der Waals surface area contributed by atoms with Crippen LogP contribution in [0.4, 0.5) is 5.69 Å². The van der Waals surface area contributed by atoms with Crippen molar-refractivity contribution in [2.45, 2.75) is 58.8 Å². The smallest absolute Gasteiger partial charge is 0.328 e. The minimum atomic E-state index is -2.28. The number of anilines is 1. The minimum absolute atomic E-state index is 0.0892. The SMILES string of the molecule is CCOC(=O)C(CC(C)C)NC(=O)[C@](O)(c1ccc(NC(C)=O)cc1)[C@H](C)O. The second-order valence-electron chi connectivity index (χ2n) is 7.11. The van der Waals surface area contributed by atoms with Crippen LogP contribution in [0.5, 0.6) is 0 Å². The van der Waals surface area contributed by atoms with Gasteiger partial charge in [-0.15, -0.1) is 0 Å². The number of hydrogen-bond donors (Lipinski definition) is 4. The molecule has 3 atom stereocenters. The quantitative estimate of drug-likeness (QED) is 0.468. The van der Waals surface area contributed by atoms with Crippen molar-refractivity contribution in [2.75, 3.05) is 11.9 Å². The maximum atomic E-state index is 12.9. The molecule has 1 unspecified atom stereocenters. The van der Waals surface area contributed by atoms with Gasteiger partial charge in [-0.05, 0) is 43.9 Å². The van der Waals surface area contributed by atoms with Gasteiger partial charge >= 0.3 is 5.97 Å². The molecule has 0 aromatic heterocycles. The first-order valence-electron chi connectivity index (χ1n) is 9.28. The molecule has 1 aromatic rings. The van der Waals surface area contributed by atoms with Crippen LogP contribution >= 0.6 is 0 Å². The van der Waals surface area contributed by atoms with Crippen LogP contribution in [-0.4, -0.2) is 46.7 Å². The lowest BCUT2D eigenvalue weighted by molar-refractivity contribution is -0.159. The van der Waals surface area contributed by atoms with Crippen LogP contribution in [0.15, 0.2) is 24.3 Å². The molecule has 2 amide bonds. The molecular formula is C20H30N2O6. The average Bonchev–Trinajstić information content (AvgIpc) is 2.60. The predicted octanol–water partition coefficient (Wildman–Crippen LogP) is 1.31. The maximum absolute atomic E-state index is 12.9. The van der Waals surface area contributed by atoms with E-state index in [1.807, 2.05) is 13.8 Å². The number of ether oxygens (including phenoxy) is 1. The van der Waals surface area contributed by atoms with E-state index < -0.39 is 29.6 Å². The van der Waals surface area contributed by atoms with Gasteiger partial charge in [-0.1, -0.05) is 26.0 Å². The highest BCUT2D eigenvalue weighted by molar-refractivity contribution is 5.91. The molecule has 8 heteroatoms. The van der Waals surface area contributed by atoms with E-state index in [1.165, 1.54) is 38.1 Å². The van der Waals surface area contributed by atoms with E-state index in [9.17, 15) is 24.6 Å². The van der Waals surface area contributed by atoms with E-state index in [0.717, 1.165) is 0 Å². The zero-order chi connectivity index (χ0) is 21.5. The molecule has 156 valence electrons. The molecule has 0 spiro atoms. The zero-order valence-electron chi connectivity index (χ0n) is 17.0. The summed E-state index contributed by atoms with van der Waals surface area (Å²) in [5, 5.41) is 26.2. The second kappa shape index (κ2) is 10.2. The van der Waals surface area contributed by atoms with Gasteiger partial charge in [0.2, 0.25) is 5.91 Å². The van der Waals surface area contributed by atoms with Crippen molar-refractivity contribution in [1.29, 1.82) is 0 Å². The molecule has 0 heterocycles. The van der Waals surface area contributed by atoms with Crippen LogP contribution in [0.1, 0.15) is 46.6 Å². The number of amides is 2. The van der Waals surface area contributed by atoms with Crippen molar-refractivity contribution in [3.63, 3.8) is 0 Å². The molecule has 4 N–H and O–H groups in total. The monoisotopic (exact) mass is 394 g/mol. The highest BCUT2D eigenvalue weighted by Gasteiger charge is 2.44. The standard InChI is InChI=1S/C20H30N2O6/c1-6-28-18(25)17(11-12(2)3)22-19(26)20(27,13(4)23)15-7-9-16(10-8-15)21-14(5)24/h7-10,12-13,17,23,27H,6,11H2,1-5H3,(H,21,24)(H,22,26)/t13-,17?,20+/m0/s1. The number of carbonyl (C=O) groups excluding carboxylic acids is 3. The lowest BCUT2D eigenvalue weighted by Crippen LogP contribution is -2.55. The first-order valence-corrected chi connectivity index (χ1v) is 9.28. The summed E-state index contributed by atoms with van der Waals surface area (Å²) >= 11 is 0. The molecular weight excluding hydrogens is 364 g/mol. The number of aliphatic hydroxyl groups is 2. The number of esters is 1. The van der Waals surface area contributed by atoms with E-state index in [-0.39, 0.29) is 24.0 Å². The van der Waals surface area contributed by atoms with Crippen LogP contribution in [0, 0.1) is 5.92 Å². The Balaban J connectivity index is 3.14. The van der Waals surface area contributed by atoms with E-state index in [1.54, 1.807) is 6.92 Å². The van der Waals surface area contributed by atoms with Gasteiger partial charge in [-0.2, -0.15) is 0 Å². The van der Waals surface area contributed by atoms with Gasteiger partial charge < -0.3 is 25.6 Å². The zero-order valence-corrected chi connectivity index (χ0v) is 17.0. The molecule has 28 heavy (non-hydrogen) atoms. The molecule has 0 bridgehead atoms. The van der Waals surface area contributed by atoms with Gasteiger partial charge in [-0.3, -0.25) is 9.59 Å². The third kappa shape index (κ3) is 6.03. The third-order valence-electron chi connectivity index (χ3n) is 4.18. The van der Waals surface area contributed by atoms with Crippen molar-refractivity contribution < 1.29 is 29.3 Å². The summed E-state index contributed by atoms with van der Waals surface area (Å²) in [5.74, 6) is -1.68. The van der Waals surface area contributed by atoms with Crippen LogP contribution < -0.4 is 10.6 Å². The van der Waals surface area contributed by atoms with Crippen LogP contribution in [0.2, 0.25) is 0 Å². The molecule has 8 nitrogen and oxygen atoms in total. The second-order valence-corrected chi connectivity index (χ2v) is 7.11. The van der Waals surface area contributed by atoms with E-state index in [4.69, 9.17) is 4.74 Å². The Hall–Kier alpha value is -2.45. The molecule has 0 saturated carbocycles.